The second-order valence-corrected chi connectivity index (χ2v) is 54.4. The molecule has 3 aromatic heterocycles. The summed E-state index contributed by atoms with van der Waals surface area (Å²) in [5.74, 6) is 4.15. The summed E-state index contributed by atoms with van der Waals surface area (Å²) in [5, 5.41) is 28.8. The first-order valence-electron chi connectivity index (χ1n) is 24.1. The number of hydrogen-bond donors (Lipinski definition) is 5. The van der Waals surface area contributed by atoms with Crippen LogP contribution in [0.1, 0.15) is 74.4 Å². The van der Waals surface area contributed by atoms with E-state index in [0.29, 0.717) is 45.9 Å². The summed E-state index contributed by atoms with van der Waals surface area (Å²) >= 11 is 10.6. The van der Waals surface area contributed by atoms with Crippen molar-refractivity contribution in [2.24, 2.45) is 17.8 Å². The van der Waals surface area contributed by atoms with Crippen LogP contribution in [0.15, 0.2) is 133 Å². The van der Waals surface area contributed by atoms with E-state index < -0.39 is 11.2 Å². The van der Waals surface area contributed by atoms with Crippen LogP contribution in [0.2, 0.25) is 0 Å². The van der Waals surface area contributed by atoms with E-state index >= 15 is 0 Å². The number of methoxy groups -OCH3 is 6. The van der Waals surface area contributed by atoms with E-state index in [0.717, 1.165) is 53.6 Å². The van der Waals surface area contributed by atoms with Gasteiger partial charge in [-0.25, -0.2) is 15.0 Å². The number of benzene rings is 6. The normalized spacial score (nSPS) is 12.5. The van der Waals surface area contributed by atoms with Crippen LogP contribution in [0.25, 0.3) is 32.3 Å². The number of rotatable bonds is 14. The molecule has 77 heavy (non-hydrogen) atoms. The molecule has 0 bridgehead atoms. The molecule has 2 atom stereocenters. The SMILES string of the molecule is Brc1cnc[nH]1.COc1cc2ccc(C(=O)C(C)C)cc2cc1OC.COc1cc2ccc(C(O)(c3cnc[nH]3)C(C)C)cc2cc1OC.COc1cc2ccc([C@](O)(c3cnc[nH]3)C(C)C)cc2cc1OC.[I][V]([I])[I]. The standard InChI is InChI=1S/2C19H22N2O3.C16H18O3.C3H3BrN2.3HI.V/c2*1-12(2)19(22,18-10-20-11-21-18)15-6-5-13-8-16(23-3)17(24-4)9-14(13)7-15;1-10(2)16(17)12-6-5-11-8-14(18-3)15(19-4)9-13(11)7-12;4-3-1-5-2-6-3;;;;/h2*5-12,22H,1-4H3,(H,20,21);5-10H,1-4H3;1-2H,(H,5,6);3*1H;/q;;;;;;;+3/p-3/t19-;;;;;;;/m0......./s1. The molecule has 0 saturated carbocycles. The Hall–Kier alpha value is -4.63. The average molecular weight is 1490 g/mol. The minimum atomic E-state index is -1.14. The third kappa shape index (κ3) is 15.8. The third-order valence-corrected chi connectivity index (χ3v) is 13.1. The summed E-state index contributed by atoms with van der Waals surface area (Å²) in [6.07, 6.45) is 9.80. The number of nitrogens with zero attached hydrogens (tertiary/aromatic N) is 3. The van der Waals surface area contributed by atoms with Crippen LogP contribution < -0.4 is 28.4 Å². The maximum atomic E-state index is 12.0. The minimum absolute atomic E-state index is 0.00223. The fourth-order valence-electron chi connectivity index (χ4n) is 8.45. The molecule has 0 radical (unpaired) electrons. The van der Waals surface area contributed by atoms with Crippen LogP contribution in [-0.4, -0.2) is 88.6 Å². The zero-order valence-electron chi connectivity index (χ0n) is 44.9. The van der Waals surface area contributed by atoms with Gasteiger partial charge in [0, 0.05) is 11.5 Å². The summed E-state index contributed by atoms with van der Waals surface area (Å²) in [5.41, 5.74) is 1.42. The van der Waals surface area contributed by atoms with E-state index in [9.17, 15) is 15.0 Å². The number of H-pyrrole nitrogens is 3. The Morgan fingerprint density at radius 3 is 1.06 bits per heavy atom. The van der Waals surface area contributed by atoms with Crippen LogP contribution in [0.4, 0.5) is 0 Å². The predicted molar refractivity (Wildman–Crippen MR) is 332 cm³/mol. The molecule has 0 spiro atoms. The zero-order valence-corrected chi connectivity index (χ0v) is 54.4. The van der Waals surface area contributed by atoms with Gasteiger partial charge in [0.2, 0.25) is 0 Å². The molecule has 0 aliphatic rings. The summed E-state index contributed by atoms with van der Waals surface area (Å²) < 4.78 is 32.9. The van der Waals surface area contributed by atoms with Crippen molar-refractivity contribution < 1.29 is 48.3 Å². The number of fused-ring (bicyclic) bond motifs is 3. The van der Waals surface area contributed by atoms with Crippen molar-refractivity contribution in [3.63, 3.8) is 0 Å². The molecule has 9 aromatic rings. The fourth-order valence-corrected chi connectivity index (χ4v) is 8.67. The van der Waals surface area contributed by atoms with Crippen molar-refractivity contribution in [2.45, 2.75) is 52.7 Å². The second-order valence-electron chi connectivity index (χ2n) is 18.2. The van der Waals surface area contributed by atoms with Gasteiger partial charge < -0.3 is 53.6 Å². The third-order valence-electron chi connectivity index (χ3n) is 12.7. The van der Waals surface area contributed by atoms with Crippen LogP contribution in [-0.2, 0) is 16.1 Å². The molecular formula is C57H65BrI3N6O9V. The van der Waals surface area contributed by atoms with E-state index in [1.54, 1.807) is 80.2 Å². The van der Waals surface area contributed by atoms with E-state index in [4.69, 9.17) is 28.4 Å². The van der Waals surface area contributed by atoms with Gasteiger partial charge in [0.1, 0.15) is 15.8 Å². The summed E-state index contributed by atoms with van der Waals surface area (Å²) in [4.78, 5) is 32.5. The molecule has 0 fully saturated rings. The van der Waals surface area contributed by atoms with Crippen molar-refractivity contribution in [1.29, 1.82) is 0 Å². The number of hydrogen-bond acceptors (Lipinski definition) is 12. The molecule has 0 aliphatic heterocycles. The van der Waals surface area contributed by atoms with Gasteiger partial charge in [-0.3, -0.25) is 4.79 Å². The first kappa shape index (κ1) is 63.2. The average Bonchev–Trinajstić information content (AvgIpc) is 4.27. The Balaban J connectivity index is 0.000000196. The number of Topliss-reactive ketones (excluding diaryl/α,β-unsaturated/α-hetero) is 1. The van der Waals surface area contributed by atoms with E-state index in [2.05, 4.69) is 106 Å². The molecule has 410 valence electrons. The number of carbonyl (C=O) groups is 1. The number of aromatic amines is 3. The van der Waals surface area contributed by atoms with Gasteiger partial charge in [-0.05, 0) is 126 Å². The molecule has 6 aromatic carbocycles. The van der Waals surface area contributed by atoms with Gasteiger partial charge in [0.05, 0.1) is 91.6 Å². The molecule has 5 N–H and O–H groups in total. The molecular weight excluding hydrogens is 1420 g/mol. The maximum absolute atomic E-state index is 12.0. The number of halogens is 4. The quantitative estimate of drug-likeness (QED) is 0.0511. The van der Waals surface area contributed by atoms with Crippen molar-refractivity contribution in [3.05, 3.63) is 161 Å². The number of aliphatic hydroxyl groups is 2. The number of nitrogens with one attached hydrogen (secondary N) is 3. The molecule has 20 heteroatoms. The molecule has 0 amide bonds. The number of imidazole rings is 3. The van der Waals surface area contributed by atoms with Crippen LogP contribution in [0, 0.1) is 17.8 Å². The molecule has 0 saturated heterocycles. The summed E-state index contributed by atoms with van der Waals surface area (Å²) in [7, 11) is 9.68. The second kappa shape index (κ2) is 29.5. The van der Waals surface area contributed by atoms with Crippen molar-refractivity contribution in [1.82, 2.24) is 29.9 Å². The molecule has 3 heterocycles. The molecule has 15 nitrogen and oxygen atoms in total. The van der Waals surface area contributed by atoms with Crippen LogP contribution in [0.3, 0.4) is 0 Å². The van der Waals surface area contributed by atoms with Gasteiger partial charge in [0.15, 0.2) is 40.3 Å². The topological polar surface area (TPSA) is 199 Å². The number of carbonyl (C=O) groups excluding carboxylic acids is 1. The number of aromatic nitrogens is 6. The van der Waals surface area contributed by atoms with Gasteiger partial charge in [-0.2, -0.15) is 0 Å². The zero-order chi connectivity index (χ0) is 56.6. The molecule has 1 unspecified atom stereocenters. The Morgan fingerprint density at radius 2 is 0.805 bits per heavy atom. The molecule has 9 rings (SSSR count). The van der Waals surface area contributed by atoms with Crippen molar-refractivity contribution in [3.8, 4) is 34.5 Å². The fraction of sp³-hybridized carbons (Fsp3) is 0.298. The first-order valence-corrected chi connectivity index (χ1v) is 38.4. The van der Waals surface area contributed by atoms with Gasteiger partial charge >= 0.3 is 64.9 Å². The number of ether oxygens (including phenoxy) is 6. The Morgan fingerprint density at radius 1 is 0.494 bits per heavy atom. The van der Waals surface area contributed by atoms with E-state index in [-0.39, 0.29) is 28.5 Å². The Kier molecular flexibility index (Phi) is 24.3. The van der Waals surface area contributed by atoms with Gasteiger partial charge in [-0.1, -0.05) is 77.9 Å². The van der Waals surface area contributed by atoms with Gasteiger partial charge in [0.25, 0.3) is 0 Å². The predicted octanol–water partition coefficient (Wildman–Crippen LogP) is 14.5. The summed E-state index contributed by atoms with van der Waals surface area (Å²) in [6, 6.07) is 29.0. The van der Waals surface area contributed by atoms with Crippen LogP contribution in [0.5, 0.6) is 34.5 Å². The van der Waals surface area contributed by atoms with Gasteiger partial charge in [-0.15, -0.1) is 0 Å². The number of ketones is 1. The van der Waals surface area contributed by atoms with Crippen molar-refractivity contribution >= 4 is 114 Å². The van der Waals surface area contributed by atoms with E-state index in [1.165, 1.54) is 0 Å². The van der Waals surface area contributed by atoms with Crippen LogP contribution >= 0.6 is 75.9 Å². The Labute approximate surface area is 496 Å². The first-order chi connectivity index (χ1) is 36.7. The summed E-state index contributed by atoms with van der Waals surface area (Å²) in [6.45, 7) is 11.8. The Bertz CT molecular complexity index is 3150. The molecule has 0 aliphatic carbocycles. The van der Waals surface area contributed by atoms with Crippen molar-refractivity contribution in [2.75, 3.05) is 42.7 Å². The monoisotopic (exact) mass is 1490 g/mol. The van der Waals surface area contributed by atoms with E-state index in [1.807, 2.05) is 133 Å².